The number of carbonyl (C=O) groups excluding carboxylic acids is 2. The van der Waals surface area contributed by atoms with Crippen molar-refractivity contribution in [2.75, 3.05) is 27.3 Å². The van der Waals surface area contributed by atoms with Gasteiger partial charge in [-0.25, -0.2) is 13.2 Å². The van der Waals surface area contributed by atoms with Crippen LogP contribution < -0.4 is 10.1 Å². The molecular weight excluding hydrogens is 458 g/mol. The van der Waals surface area contributed by atoms with Crippen LogP contribution in [0.25, 0.3) is 10.9 Å². The van der Waals surface area contributed by atoms with Crippen molar-refractivity contribution in [2.45, 2.75) is 30.2 Å². The summed E-state index contributed by atoms with van der Waals surface area (Å²) in [4.78, 5) is 28.6. The number of nitrogens with one attached hydrogen (secondary N) is 2. The van der Waals surface area contributed by atoms with E-state index in [4.69, 9.17) is 9.47 Å². The molecule has 0 saturated carbocycles. The Kier molecular flexibility index (Phi) is 6.90. The second kappa shape index (κ2) is 9.86. The Hall–Kier alpha value is -3.37. The number of esters is 1. The average Bonchev–Trinajstić information content (AvgIpc) is 3.54. The number of rotatable bonds is 8. The zero-order chi connectivity index (χ0) is 24.3. The minimum Gasteiger partial charge on any atom is -0.495 e. The summed E-state index contributed by atoms with van der Waals surface area (Å²) in [6.45, 7) is 0.855. The summed E-state index contributed by atoms with van der Waals surface area (Å²) in [6.07, 6.45) is 3.57. The zero-order valence-corrected chi connectivity index (χ0v) is 19.9. The number of nitrogens with zero attached hydrogens (tertiary/aromatic N) is 1. The number of hydrogen-bond donors (Lipinski definition) is 2. The quantitative estimate of drug-likeness (QED) is 0.474. The molecule has 1 saturated heterocycles. The zero-order valence-electron chi connectivity index (χ0n) is 19.0. The van der Waals surface area contributed by atoms with E-state index in [-0.39, 0.29) is 22.6 Å². The van der Waals surface area contributed by atoms with E-state index < -0.39 is 27.9 Å². The number of H-pyrrole nitrogens is 1. The van der Waals surface area contributed by atoms with E-state index in [0.717, 1.165) is 29.3 Å². The first-order valence-electron chi connectivity index (χ1n) is 11.0. The van der Waals surface area contributed by atoms with Crippen LogP contribution in [-0.4, -0.2) is 62.9 Å². The number of methoxy groups -OCH3 is 2. The van der Waals surface area contributed by atoms with E-state index in [0.29, 0.717) is 13.1 Å². The first-order chi connectivity index (χ1) is 16.3. The van der Waals surface area contributed by atoms with Gasteiger partial charge >= 0.3 is 5.97 Å². The van der Waals surface area contributed by atoms with E-state index in [1.807, 2.05) is 24.3 Å². The summed E-state index contributed by atoms with van der Waals surface area (Å²) in [5.41, 5.74) is 1.86. The molecule has 3 aromatic rings. The van der Waals surface area contributed by atoms with Crippen molar-refractivity contribution >= 4 is 32.8 Å². The molecule has 2 N–H and O–H groups in total. The monoisotopic (exact) mass is 485 g/mol. The third kappa shape index (κ3) is 4.64. The SMILES string of the molecule is COC(=O)[C@@H](Cc1c[nH]c2ccccc12)NC(=O)c1ccc(OC)c(S(=O)(=O)N2CCCC2)c1. The number of ether oxygens (including phenoxy) is 2. The van der Waals surface area contributed by atoms with Gasteiger partial charge in [-0.1, -0.05) is 18.2 Å². The molecule has 0 radical (unpaired) electrons. The predicted octanol–water partition coefficient (Wildman–Crippen LogP) is 2.48. The molecule has 4 rings (SSSR count). The standard InChI is InChI=1S/C24H27N3O6S/c1-32-21-10-9-16(14-22(21)34(30,31)27-11-5-6-12-27)23(28)26-20(24(29)33-2)13-17-15-25-19-8-4-3-7-18(17)19/h3-4,7-10,14-15,20,25H,5-6,11-13H2,1-2H3,(H,26,28)/t20-/m1/s1. The van der Waals surface area contributed by atoms with Crippen LogP contribution in [0.15, 0.2) is 53.6 Å². The molecule has 0 bridgehead atoms. The van der Waals surface area contributed by atoms with Crippen molar-refractivity contribution in [1.29, 1.82) is 0 Å². The summed E-state index contributed by atoms with van der Waals surface area (Å²) in [5.74, 6) is -1.03. The topological polar surface area (TPSA) is 118 Å². The van der Waals surface area contributed by atoms with Gasteiger partial charge in [0.2, 0.25) is 10.0 Å². The molecule has 2 heterocycles. The van der Waals surface area contributed by atoms with E-state index in [9.17, 15) is 18.0 Å². The lowest BCUT2D eigenvalue weighted by molar-refractivity contribution is -0.142. The molecule has 1 aliphatic rings. The highest BCUT2D eigenvalue weighted by Crippen LogP contribution is 2.30. The lowest BCUT2D eigenvalue weighted by atomic mass is 10.0. The van der Waals surface area contributed by atoms with E-state index >= 15 is 0 Å². The minimum atomic E-state index is -3.82. The molecule has 1 amide bonds. The Morgan fingerprint density at radius 3 is 2.56 bits per heavy atom. The summed E-state index contributed by atoms with van der Waals surface area (Å²) in [7, 11) is -1.18. The highest BCUT2D eigenvalue weighted by atomic mass is 32.2. The fourth-order valence-corrected chi connectivity index (χ4v) is 5.88. The Labute approximate surface area is 198 Å². The van der Waals surface area contributed by atoms with Gasteiger partial charge in [0.05, 0.1) is 14.2 Å². The molecule has 2 aromatic carbocycles. The van der Waals surface area contributed by atoms with Gasteiger partial charge in [0, 0.05) is 42.2 Å². The molecule has 0 spiro atoms. The van der Waals surface area contributed by atoms with Crippen LogP contribution in [0.5, 0.6) is 5.75 Å². The first kappa shape index (κ1) is 23.8. The number of carbonyl (C=O) groups is 2. The van der Waals surface area contributed by atoms with Gasteiger partial charge in [-0.15, -0.1) is 0 Å². The van der Waals surface area contributed by atoms with Crippen molar-refractivity contribution in [2.24, 2.45) is 0 Å². The van der Waals surface area contributed by atoms with Crippen LogP contribution in [0.1, 0.15) is 28.8 Å². The highest BCUT2D eigenvalue weighted by Gasteiger charge is 2.31. The summed E-state index contributed by atoms with van der Waals surface area (Å²) < 4.78 is 37.8. The fourth-order valence-electron chi connectivity index (χ4n) is 4.18. The van der Waals surface area contributed by atoms with Crippen LogP contribution in [0.3, 0.4) is 0 Å². The number of hydrogen-bond acceptors (Lipinski definition) is 6. The first-order valence-corrected chi connectivity index (χ1v) is 12.4. The molecule has 10 heteroatoms. The van der Waals surface area contributed by atoms with Crippen LogP contribution in [-0.2, 0) is 26.0 Å². The Morgan fingerprint density at radius 1 is 1.12 bits per heavy atom. The van der Waals surface area contributed by atoms with Gasteiger partial charge in [-0.2, -0.15) is 4.31 Å². The fraction of sp³-hybridized carbons (Fsp3) is 0.333. The van der Waals surface area contributed by atoms with E-state index in [1.165, 1.54) is 36.7 Å². The number of aromatic nitrogens is 1. The largest absolute Gasteiger partial charge is 0.495 e. The molecule has 180 valence electrons. The highest BCUT2D eigenvalue weighted by molar-refractivity contribution is 7.89. The van der Waals surface area contributed by atoms with Crippen molar-refractivity contribution in [3.63, 3.8) is 0 Å². The second-order valence-electron chi connectivity index (χ2n) is 8.09. The number of amides is 1. The molecule has 1 atom stereocenters. The maximum Gasteiger partial charge on any atom is 0.328 e. The minimum absolute atomic E-state index is 0.0733. The van der Waals surface area contributed by atoms with Gasteiger partial charge in [0.1, 0.15) is 16.7 Å². The third-order valence-electron chi connectivity index (χ3n) is 6.00. The molecule has 34 heavy (non-hydrogen) atoms. The van der Waals surface area contributed by atoms with Crippen LogP contribution >= 0.6 is 0 Å². The summed E-state index contributed by atoms with van der Waals surface area (Å²) in [6, 6.07) is 10.9. The van der Waals surface area contributed by atoms with Crippen molar-refractivity contribution in [3.05, 3.63) is 59.8 Å². The predicted molar refractivity (Wildman–Crippen MR) is 126 cm³/mol. The van der Waals surface area contributed by atoms with Gasteiger partial charge < -0.3 is 19.8 Å². The molecule has 0 aliphatic carbocycles. The molecule has 1 aromatic heterocycles. The number of benzene rings is 2. The average molecular weight is 486 g/mol. The van der Waals surface area contributed by atoms with Gasteiger partial charge in [0.15, 0.2) is 0 Å². The maximum atomic E-state index is 13.1. The Bertz CT molecular complexity index is 1310. The lowest BCUT2D eigenvalue weighted by Gasteiger charge is -2.19. The van der Waals surface area contributed by atoms with Crippen molar-refractivity contribution in [3.8, 4) is 5.75 Å². The van der Waals surface area contributed by atoms with E-state index in [1.54, 1.807) is 6.20 Å². The summed E-state index contributed by atoms with van der Waals surface area (Å²) >= 11 is 0. The lowest BCUT2D eigenvalue weighted by Crippen LogP contribution is -2.43. The van der Waals surface area contributed by atoms with Gasteiger partial charge in [-0.3, -0.25) is 4.79 Å². The van der Waals surface area contributed by atoms with E-state index in [2.05, 4.69) is 10.3 Å². The van der Waals surface area contributed by atoms with Crippen LogP contribution in [0.2, 0.25) is 0 Å². The maximum absolute atomic E-state index is 13.1. The van der Waals surface area contributed by atoms with Crippen molar-refractivity contribution < 1.29 is 27.5 Å². The Balaban J connectivity index is 1.61. The van der Waals surface area contributed by atoms with Crippen LogP contribution in [0, 0.1) is 0 Å². The number of aromatic amines is 1. The molecule has 9 nitrogen and oxygen atoms in total. The molecule has 1 aliphatic heterocycles. The number of para-hydroxylation sites is 1. The van der Waals surface area contributed by atoms with Crippen LogP contribution in [0.4, 0.5) is 0 Å². The molecular formula is C24H27N3O6S. The molecule has 0 unspecified atom stereocenters. The summed E-state index contributed by atoms with van der Waals surface area (Å²) in [5, 5.41) is 3.64. The smallest absolute Gasteiger partial charge is 0.328 e. The van der Waals surface area contributed by atoms with Gasteiger partial charge in [0.25, 0.3) is 5.91 Å². The van der Waals surface area contributed by atoms with Crippen molar-refractivity contribution in [1.82, 2.24) is 14.6 Å². The normalized spacial score (nSPS) is 15.2. The van der Waals surface area contributed by atoms with Gasteiger partial charge in [-0.05, 0) is 42.7 Å². The third-order valence-corrected chi connectivity index (χ3v) is 7.92. The second-order valence-corrected chi connectivity index (χ2v) is 10.00. The molecule has 1 fully saturated rings. The Morgan fingerprint density at radius 2 is 1.85 bits per heavy atom. The number of sulfonamides is 1. The number of fused-ring (bicyclic) bond motifs is 1.